The normalized spacial score (nSPS) is 14.6. The van der Waals surface area contributed by atoms with E-state index in [1.165, 1.54) is 6.07 Å². The number of thiocarbonyl (C=S) groups is 1. The Labute approximate surface area is 206 Å². The number of nitrogens with zero attached hydrogens (tertiary/aromatic N) is 4. The van der Waals surface area contributed by atoms with Gasteiger partial charge in [-0.05, 0) is 42.0 Å². The molecule has 168 valence electrons. The van der Waals surface area contributed by atoms with Gasteiger partial charge in [0.2, 0.25) is 0 Å². The molecule has 0 unspecified atom stereocenters. The molecular formula is C22H21Cl3FN5S. The van der Waals surface area contributed by atoms with Crippen molar-refractivity contribution >= 4 is 58.0 Å². The van der Waals surface area contributed by atoms with E-state index in [2.05, 4.69) is 20.2 Å². The zero-order valence-corrected chi connectivity index (χ0v) is 20.2. The highest BCUT2D eigenvalue weighted by molar-refractivity contribution is 7.80. The van der Waals surface area contributed by atoms with Gasteiger partial charge in [-0.1, -0.05) is 46.9 Å². The monoisotopic (exact) mass is 511 g/mol. The first-order valence-electron chi connectivity index (χ1n) is 10.1. The van der Waals surface area contributed by atoms with Crippen LogP contribution in [-0.4, -0.2) is 50.9 Å². The molecule has 0 aliphatic carbocycles. The van der Waals surface area contributed by atoms with Crippen LogP contribution in [0.3, 0.4) is 0 Å². The Morgan fingerprint density at radius 3 is 2.50 bits per heavy atom. The SMILES string of the molecule is Fc1cccc(Cl)c1Cn1ccc(NC(=S)N2CCN(Cc3ccc(Cl)cc3Cl)CC2)n1. The van der Waals surface area contributed by atoms with Gasteiger partial charge >= 0.3 is 0 Å². The molecule has 5 nitrogen and oxygen atoms in total. The molecule has 32 heavy (non-hydrogen) atoms. The molecule has 1 aliphatic rings. The van der Waals surface area contributed by atoms with E-state index < -0.39 is 0 Å². The second-order valence-corrected chi connectivity index (χ2v) is 9.17. The van der Waals surface area contributed by atoms with Crippen molar-refractivity contribution in [3.8, 4) is 0 Å². The van der Waals surface area contributed by atoms with Crippen LogP contribution in [0.2, 0.25) is 15.1 Å². The van der Waals surface area contributed by atoms with Gasteiger partial charge in [0.15, 0.2) is 10.9 Å². The van der Waals surface area contributed by atoms with Crippen molar-refractivity contribution in [2.75, 3.05) is 31.5 Å². The molecule has 10 heteroatoms. The van der Waals surface area contributed by atoms with Crippen LogP contribution in [0, 0.1) is 5.82 Å². The fourth-order valence-electron chi connectivity index (χ4n) is 3.55. The molecule has 2 heterocycles. The lowest BCUT2D eigenvalue weighted by Gasteiger charge is -2.36. The average Bonchev–Trinajstić information content (AvgIpc) is 3.20. The van der Waals surface area contributed by atoms with Crippen molar-refractivity contribution < 1.29 is 4.39 Å². The van der Waals surface area contributed by atoms with Gasteiger partial charge in [-0.25, -0.2) is 4.39 Å². The number of aromatic nitrogens is 2. The van der Waals surface area contributed by atoms with Gasteiger partial charge in [-0.15, -0.1) is 0 Å². The Bertz CT molecular complexity index is 1090. The molecule has 4 rings (SSSR count). The van der Waals surface area contributed by atoms with Gasteiger partial charge in [0, 0.05) is 65.6 Å². The second kappa shape index (κ2) is 10.4. The van der Waals surface area contributed by atoms with Crippen molar-refractivity contribution in [3.63, 3.8) is 0 Å². The quantitative estimate of drug-likeness (QED) is 0.454. The summed E-state index contributed by atoms with van der Waals surface area (Å²) in [6, 6.07) is 12.0. The van der Waals surface area contributed by atoms with Crippen LogP contribution in [0.1, 0.15) is 11.1 Å². The van der Waals surface area contributed by atoms with Crippen molar-refractivity contribution in [1.82, 2.24) is 19.6 Å². The van der Waals surface area contributed by atoms with Crippen molar-refractivity contribution in [3.05, 3.63) is 80.7 Å². The fraction of sp³-hybridized carbons (Fsp3) is 0.273. The van der Waals surface area contributed by atoms with Gasteiger partial charge in [0.05, 0.1) is 6.54 Å². The second-order valence-electron chi connectivity index (χ2n) is 7.53. The maximum Gasteiger partial charge on any atom is 0.174 e. The van der Waals surface area contributed by atoms with Crippen LogP contribution in [0.15, 0.2) is 48.7 Å². The van der Waals surface area contributed by atoms with Crippen LogP contribution in [-0.2, 0) is 13.1 Å². The standard InChI is InChI=1S/C22H21Cl3FN5S/c23-16-5-4-15(19(25)12-16)13-29-8-10-30(11-9-29)22(32)27-21-6-7-31(28-21)14-17-18(24)2-1-3-20(17)26/h1-7,12H,8-11,13-14H2,(H,27,28,32). The molecule has 0 bridgehead atoms. The molecule has 3 aromatic rings. The third-order valence-corrected chi connectivity index (χ3v) is 6.63. The first-order chi connectivity index (χ1) is 15.4. The minimum absolute atomic E-state index is 0.242. The number of hydrogen-bond donors (Lipinski definition) is 1. The summed E-state index contributed by atoms with van der Waals surface area (Å²) < 4.78 is 15.6. The van der Waals surface area contributed by atoms with E-state index in [9.17, 15) is 4.39 Å². The number of anilines is 1. The van der Waals surface area contributed by atoms with Crippen LogP contribution < -0.4 is 5.32 Å². The van der Waals surface area contributed by atoms with Gasteiger partial charge < -0.3 is 10.2 Å². The van der Waals surface area contributed by atoms with Gasteiger partial charge in [0.1, 0.15) is 5.82 Å². The van der Waals surface area contributed by atoms with E-state index in [1.807, 2.05) is 12.1 Å². The van der Waals surface area contributed by atoms with E-state index in [0.717, 1.165) is 38.3 Å². The molecule has 0 atom stereocenters. The predicted molar refractivity (Wildman–Crippen MR) is 132 cm³/mol. The first-order valence-corrected chi connectivity index (χ1v) is 11.6. The lowest BCUT2D eigenvalue weighted by atomic mass is 10.2. The fourth-order valence-corrected chi connectivity index (χ4v) is 4.53. The Balaban J connectivity index is 1.29. The topological polar surface area (TPSA) is 36.3 Å². The number of benzene rings is 2. The first kappa shape index (κ1) is 23.3. The Morgan fingerprint density at radius 2 is 1.78 bits per heavy atom. The number of rotatable bonds is 5. The molecule has 0 saturated carbocycles. The van der Waals surface area contributed by atoms with E-state index in [0.29, 0.717) is 31.6 Å². The number of hydrogen-bond acceptors (Lipinski definition) is 3. The molecular weight excluding hydrogens is 492 g/mol. The highest BCUT2D eigenvalue weighted by Gasteiger charge is 2.20. The van der Waals surface area contributed by atoms with Gasteiger partial charge in [0.25, 0.3) is 0 Å². The molecule has 1 aliphatic heterocycles. The van der Waals surface area contributed by atoms with Crippen LogP contribution in [0.4, 0.5) is 10.2 Å². The Hall–Kier alpha value is -1.90. The molecule has 0 spiro atoms. The maximum atomic E-state index is 14.0. The minimum Gasteiger partial charge on any atom is -0.346 e. The van der Waals surface area contributed by atoms with Gasteiger partial charge in [-0.2, -0.15) is 5.10 Å². The average molecular weight is 513 g/mol. The third kappa shape index (κ3) is 5.71. The highest BCUT2D eigenvalue weighted by atomic mass is 35.5. The van der Waals surface area contributed by atoms with Gasteiger partial charge in [-0.3, -0.25) is 9.58 Å². The summed E-state index contributed by atoms with van der Waals surface area (Å²) in [7, 11) is 0. The van der Waals surface area contributed by atoms with E-state index in [1.54, 1.807) is 35.1 Å². The summed E-state index contributed by atoms with van der Waals surface area (Å²) in [5.74, 6) is 0.258. The van der Waals surface area contributed by atoms with Crippen molar-refractivity contribution in [2.24, 2.45) is 0 Å². The predicted octanol–water partition coefficient (Wildman–Crippen LogP) is 5.55. The number of piperazine rings is 1. The Morgan fingerprint density at radius 1 is 1.00 bits per heavy atom. The summed E-state index contributed by atoms with van der Waals surface area (Å²) in [5.41, 5.74) is 1.47. The third-order valence-electron chi connectivity index (χ3n) is 5.33. The van der Waals surface area contributed by atoms with E-state index in [-0.39, 0.29) is 12.4 Å². The highest BCUT2D eigenvalue weighted by Crippen LogP contribution is 2.23. The summed E-state index contributed by atoms with van der Waals surface area (Å²) >= 11 is 24.0. The summed E-state index contributed by atoms with van der Waals surface area (Å²) in [4.78, 5) is 4.45. The summed E-state index contributed by atoms with van der Waals surface area (Å²) in [6.45, 7) is 4.33. The van der Waals surface area contributed by atoms with Crippen molar-refractivity contribution in [1.29, 1.82) is 0 Å². The molecule has 1 saturated heterocycles. The van der Waals surface area contributed by atoms with E-state index >= 15 is 0 Å². The minimum atomic E-state index is -0.351. The maximum absolute atomic E-state index is 14.0. The number of nitrogens with one attached hydrogen (secondary N) is 1. The Kier molecular flexibility index (Phi) is 7.53. The van der Waals surface area contributed by atoms with Crippen LogP contribution in [0.25, 0.3) is 0 Å². The molecule has 2 aromatic carbocycles. The van der Waals surface area contributed by atoms with E-state index in [4.69, 9.17) is 47.0 Å². The lowest BCUT2D eigenvalue weighted by Crippen LogP contribution is -2.49. The molecule has 0 amide bonds. The summed E-state index contributed by atoms with van der Waals surface area (Å²) in [6.07, 6.45) is 1.77. The summed E-state index contributed by atoms with van der Waals surface area (Å²) in [5, 5.41) is 9.93. The molecule has 1 fully saturated rings. The smallest absolute Gasteiger partial charge is 0.174 e. The zero-order chi connectivity index (χ0) is 22.7. The number of halogens is 4. The van der Waals surface area contributed by atoms with Crippen LogP contribution in [0.5, 0.6) is 0 Å². The van der Waals surface area contributed by atoms with Crippen LogP contribution >= 0.6 is 47.0 Å². The lowest BCUT2D eigenvalue weighted by molar-refractivity contribution is 0.177. The molecule has 1 aromatic heterocycles. The molecule has 0 radical (unpaired) electrons. The zero-order valence-electron chi connectivity index (χ0n) is 17.1. The van der Waals surface area contributed by atoms with Crippen molar-refractivity contribution in [2.45, 2.75) is 13.1 Å². The largest absolute Gasteiger partial charge is 0.346 e. The molecule has 1 N–H and O–H groups in total.